The Morgan fingerprint density at radius 2 is 1.51 bits per heavy atom. The van der Waals surface area contributed by atoms with Crippen molar-refractivity contribution in [3.8, 4) is 0 Å². The van der Waals surface area contributed by atoms with Crippen molar-refractivity contribution in [2.24, 2.45) is 5.92 Å². The predicted octanol–water partition coefficient (Wildman–Crippen LogP) is 1.26. The van der Waals surface area contributed by atoms with E-state index in [0.717, 1.165) is 0 Å². The molecule has 0 spiro atoms. The Balaban J connectivity index is 1.51. The maximum Gasteiger partial charge on any atom is 0.472 e. The molecule has 3 saturated heterocycles. The molecule has 16 heteroatoms. The summed E-state index contributed by atoms with van der Waals surface area (Å²) in [5.41, 5.74) is 0. The van der Waals surface area contributed by atoms with Gasteiger partial charge in [-0.2, -0.15) is 0 Å². The Kier molecular flexibility index (Phi) is 10.9. The Bertz CT molecular complexity index is 796. The van der Waals surface area contributed by atoms with E-state index >= 15 is 0 Å². The summed E-state index contributed by atoms with van der Waals surface area (Å²) in [5.74, 6) is 0.274. The van der Waals surface area contributed by atoms with Gasteiger partial charge in [0.15, 0.2) is 0 Å². The van der Waals surface area contributed by atoms with Gasteiger partial charge in [-0.05, 0) is 43.9 Å². The van der Waals surface area contributed by atoms with Crippen LogP contribution in [0.5, 0.6) is 0 Å². The molecule has 3 aliphatic rings. The van der Waals surface area contributed by atoms with E-state index in [1.165, 1.54) is 0 Å². The van der Waals surface area contributed by atoms with Crippen LogP contribution in [0.25, 0.3) is 0 Å². The lowest BCUT2D eigenvalue weighted by Gasteiger charge is -2.26. The van der Waals surface area contributed by atoms with Crippen molar-refractivity contribution in [1.29, 1.82) is 0 Å². The van der Waals surface area contributed by atoms with Gasteiger partial charge in [0.25, 0.3) is 0 Å². The summed E-state index contributed by atoms with van der Waals surface area (Å²) in [6, 6.07) is -1.36. The van der Waals surface area contributed by atoms with Crippen molar-refractivity contribution in [2.75, 3.05) is 13.2 Å². The van der Waals surface area contributed by atoms with Gasteiger partial charge in [-0.15, -0.1) is 0 Å². The maximum absolute atomic E-state index is 12.6. The van der Waals surface area contributed by atoms with Crippen molar-refractivity contribution >= 4 is 42.0 Å². The van der Waals surface area contributed by atoms with Gasteiger partial charge >= 0.3 is 14.5 Å². The number of aliphatic hydroxyl groups excluding tert-OH is 1. The van der Waals surface area contributed by atoms with E-state index in [1.807, 2.05) is 20.8 Å². The Morgan fingerprint density at radius 3 is 2.09 bits per heavy atom. The predicted molar refractivity (Wildman–Crippen MR) is 130 cm³/mol. The molecule has 11 nitrogen and oxygen atoms in total. The first kappa shape index (κ1) is 30.2. The van der Waals surface area contributed by atoms with Crippen LogP contribution < -0.4 is 0 Å². The van der Waals surface area contributed by atoms with Crippen LogP contribution in [0.2, 0.25) is 0 Å². The van der Waals surface area contributed by atoms with E-state index in [2.05, 4.69) is 0 Å². The molecule has 0 aromatic rings. The number of hydrogen-bond donors (Lipinski definition) is 3. The van der Waals surface area contributed by atoms with Gasteiger partial charge in [-0.1, -0.05) is 13.8 Å². The smallest absolute Gasteiger partial charge is 0.390 e. The summed E-state index contributed by atoms with van der Waals surface area (Å²) < 4.78 is 50.7. The summed E-state index contributed by atoms with van der Waals surface area (Å²) in [4.78, 5) is 20.8. The molecular weight excluding hydrogens is 520 g/mol. The first-order valence-corrected chi connectivity index (χ1v) is 15.8. The Labute approximate surface area is 214 Å². The lowest BCUT2D eigenvalue weighted by atomic mass is 9.95. The monoisotopic (exact) mass is 554 g/mol. The average molecular weight is 554 g/mol. The zero-order chi connectivity index (χ0) is 26.0. The first-order chi connectivity index (χ1) is 16.2. The van der Waals surface area contributed by atoms with Gasteiger partial charge in [0.1, 0.15) is 27.9 Å². The van der Waals surface area contributed by atoms with Crippen molar-refractivity contribution in [3.63, 3.8) is 0 Å². The van der Waals surface area contributed by atoms with Crippen LogP contribution in [0.4, 0.5) is 0 Å². The third-order valence-electron chi connectivity index (χ3n) is 5.91. The molecule has 0 aromatic carbocycles. The van der Waals surface area contributed by atoms with E-state index < -0.39 is 69.8 Å². The zero-order valence-electron chi connectivity index (χ0n) is 20.1. The van der Waals surface area contributed by atoms with Gasteiger partial charge in [0.2, 0.25) is 0 Å². The maximum atomic E-state index is 12.6. The minimum atomic E-state index is -4.51. The highest BCUT2D eigenvalue weighted by Gasteiger charge is 2.42. The minimum absolute atomic E-state index is 0.137. The topological polar surface area (TPSA) is 142 Å². The summed E-state index contributed by atoms with van der Waals surface area (Å²) in [6.07, 6.45) is -2.93. The fourth-order valence-corrected chi connectivity index (χ4v) is 6.80. The Morgan fingerprint density at radius 1 is 0.943 bits per heavy atom. The van der Waals surface area contributed by atoms with Crippen LogP contribution in [0.3, 0.4) is 0 Å². The second kappa shape index (κ2) is 12.6. The Hall–Kier alpha value is 0.610. The number of phosphoric ester groups is 1. The molecule has 3 heterocycles. The van der Waals surface area contributed by atoms with Crippen molar-refractivity contribution < 1.29 is 51.8 Å². The van der Waals surface area contributed by atoms with E-state index in [0.29, 0.717) is 12.8 Å². The fraction of sp³-hybridized carbons (Fsp3) is 1.00. The molecule has 3 rings (SSSR count). The van der Waals surface area contributed by atoms with Crippen LogP contribution in [0.1, 0.15) is 46.5 Å². The molecule has 198 valence electrons. The number of hydrogen-bond acceptors (Lipinski definition) is 10. The number of rotatable bonds is 12. The third-order valence-corrected chi connectivity index (χ3v) is 8.51. The van der Waals surface area contributed by atoms with E-state index in [-0.39, 0.29) is 31.5 Å². The summed E-state index contributed by atoms with van der Waals surface area (Å²) in [7, 11) is 7.16. The van der Waals surface area contributed by atoms with Crippen LogP contribution >= 0.6 is 14.5 Å². The van der Waals surface area contributed by atoms with E-state index in [9.17, 15) is 19.5 Å². The fourth-order valence-electron chi connectivity index (χ4n) is 4.36. The third kappa shape index (κ3) is 9.39. The summed E-state index contributed by atoms with van der Waals surface area (Å²) in [5, 5.41) is 9.96. The molecule has 3 fully saturated rings. The van der Waals surface area contributed by atoms with Gasteiger partial charge < -0.3 is 38.2 Å². The number of phosphoric acid groups is 1. The molecule has 11 unspecified atom stereocenters. The van der Waals surface area contributed by atoms with Gasteiger partial charge in [0, 0.05) is 18.4 Å². The zero-order valence-corrected chi connectivity index (χ0v) is 22.7. The molecule has 0 amide bonds. The van der Waals surface area contributed by atoms with Crippen LogP contribution in [-0.4, -0.2) is 98.5 Å². The summed E-state index contributed by atoms with van der Waals surface area (Å²) >= 11 is 5.08. The normalized spacial score (nSPS) is 41.3. The lowest BCUT2D eigenvalue weighted by Crippen LogP contribution is -2.30. The molecule has 0 aromatic heterocycles. The van der Waals surface area contributed by atoms with Crippen LogP contribution in [-0.2, 0) is 48.7 Å². The first-order valence-electron chi connectivity index (χ1n) is 11.7. The molecular formula is C19H34B2O11P2S. The molecule has 3 N–H and O–H groups in total. The molecule has 11 atom stereocenters. The largest absolute Gasteiger partial charge is 0.472 e. The number of ether oxygens (including phenoxy) is 3. The minimum Gasteiger partial charge on any atom is -0.390 e. The molecule has 35 heavy (non-hydrogen) atoms. The SMILES string of the molecule is [B]C1CC(OP(=O)(O)OCC2OC([B])CC2OP(O)(=S)OCC2OC(C)CC2O)C(CC(C)C)O1. The van der Waals surface area contributed by atoms with Gasteiger partial charge in [-0.3, -0.25) is 9.05 Å². The van der Waals surface area contributed by atoms with Crippen molar-refractivity contribution in [3.05, 3.63) is 0 Å². The quantitative estimate of drug-likeness (QED) is 0.236. The van der Waals surface area contributed by atoms with Gasteiger partial charge in [-0.25, -0.2) is 4.57 Å². The molecule has 4 radical (unpaired) electrons. The van der Waals surface area contributed by atoms with Crippen LogP contribution in [0, 0.1) is 5.92 Å². The second-order valence-corrected chi connectivity index (χ2v) is 13.8. The highest BCUT2D eigenvalue weighted by molar-refractivity contribution is 8.07. The van der Waals surface area contributed by atoms with Crippen molar-refractivity contribution in [1.82, 2.24) is 0 Å². The second-order valence-electron chi connectivity index (χ2n) is 9.63. The van der Waals surface area contributed by atoms with Crippen molar-refractivity contribution in [2.45, 2.75) is 101 Å². The molecule has 3 aliphatic heterocycles. The highest BCUT2D eigenvalue weighted by atomic mass is 32.5. The van der Waals surface area contributed by atoms with E-state index in [1.54, 1.807) is 0 Å². The van der Waals surface area contributed by atoms with Gasteiger partial charge in [0.05, 0.1) is 43.7 Å². The standard InChI is InChI=1S/C19H34B2O11P2S/c1-10(2)4-13-14(6-18(20)29-13)31-33(23,24)26-9-17-15(7-19(21)30-17)32-34(25,35)27-8-16-12(22)5-11(3)28-16/h10-19,22H,4-9H2,1-3H3,(H,23,24)(H,25,35). The average Bonchev–Trinajstić information content (AvgIpc) is 3.33. The summed E-state index contributed by atoms with van der Waals surface area (Å²) in [6.45, 7) is 1.49. The molecule has 0 aliphatic carbocycles. The van der Waals surface area contributed by atoms with Crippen LogP contribution in [0.15, 0.2) is 0 Å². The van der Waals surface area contributed by atoms with E-state index in [4.69, 9.17) is 59.8 Å². The molecule has 0 bridgehead atoms. The lowest BCUT2D eigenvalue weighted by molar-refractivity contribution is -0.0278. The molecule has 0 saturated carbocycles. The number of aliphatic hydroxyl groups is 1. The highest BCUT2D eigenvalue weighted by Crippen LogP contribution is 2.50.